The van der Waals surface area contributed by atoms with Gasteiger partial charge in [-0.25, -0.2) is 9.97 Å². The number of rotatable bonds is 7. The summed E-state index contributed by atoms with van der Waals surface area (Å²) in [6.07, 6.45) is 8.67. The molecule has 2 aromatic heterocycles. The smallest absolute Gasteiger partial charge is 0.252 e. The Hall–Kier alpha value is -8.85. The zero-order valence-corrected chi connectivity index (χ0v) is 37.2. The Morgan fingerprint density at radius 3 is 1.55 bits per heavy atom. The third-order valence-electron chi connectivity index (χ3n) is 9.83. The fourth-order valence-corrected chi connectivity index (χ4v) is 6.69. The number of piperazine rings is 2. The number of H-pyrrole nitrogens is 2. The summed E-state index contributed by atoms with van der Waals surface area (Å²) >= 11 is 0. The number of hydrogen-bond donors (Lipinski definition) is 3. The Bertz CT molecular complexity index is 3000. The third kappa shape index (κ3) is 19.7. The van der Waals surface area contributed by atoms with Crippen molar-refractivity contribution >= 4 is 17.9 Å². The molecule has 2 saturated heterocycles. The van der Waals surface area contributed by atoms with Gasteiger partial charge in [0.2, 0.25) is 0 Å². The number of hydrogen-bond acceptors (Lipinski definition) is 9. The molecule has 12 heteroatoms. The number of aromatic nitrogens is 4. The number of carbonyl (C=O) groups excluding carboxylic acids is 1. The van der Waals surface area contributed by atoms with Gasteiger partial charge in [-0.2, -0.15) is 0 Å². The van der Waals surface area contributed by atoms with Crippen LogP contribution in [0.15, 0.2) is 144 Å². The first-order valence-electron chi connectivity index (χ1n) is 21.1. The summed E-state index contributed by atoms with van der Waals surface area (Å²) in [7, 11) is 0. The summed E-state index contributed by atoms with van der Waals surface area (Å²) in [6.45, 7) is 10.0. The van der Waals surface area contributed by atoms with Crippen LogP contribution in [0.5, 0.6) is 0 Å². The van der Waals surface area contributed by atoms with Crippen molar-refractivity contribution in [2.75, 3.05) is 62.2 Å². The SMILES string of the molecule is C.C.C#CC#CC#CC#CC#CC#CC.O.O=Cc1ccccc1-c1ccccc1.O=c1cc(N2CCN(Cc3ccccc3-c3ccccc3)CC2)nc[nH]1.O=c1cc(N2CCNCC2)nc[nH]1.[HH].[HH].[HH]. The Balaban J connectivity index is 0. The van der Waals surface area contributed by atoms with Crippen molar-refractivity contribution in [2.45, 2.75) is 28.3 Å². The zero-order valence-electron chi connectivity index (χ0n) is 37.2. The van der Waals surface area contributed by atoms with Gasteiger partial charge < -0.3 is 30.6 Å². The largest absolute Gasteiger partial charge is 0.412 e. The predicted octanol–water partition coefficient (Wildman–Crippen LogP) is 6.95. The molecular formula is C57H64N8O4. The van der Waals surface area contributed by atoms with E-state index in [2.05, 4.69) is 154 Å². The molecule has 0 radical (unpaired) electrons. The maximum Gasteiger partial charge on any atom is 0.252 e. The van der Waals surface area contributed by atoms with E-state index in [1.807, 2.05) is 60.7 Å². The van der Waals surface area contributed by atoms with Crippen molar-refractivity contribution in [1.29, 1.82) is 0 Å². The molecule has 0 aliphatic carbocycles. The predicted molar refractivity (Wildman–Crippen MR) is 288 cm³/mol. The average Bonchev–Trinajstić information content (AvgIpc) is 3.38. The summed E-state index contributed by atoms with van der Waals surface area (Å²) in [4.78, 5) is 53.5. The van der Waals surface area contributed by atoms with E-state index in [1.165, 1.54) is 35.4 Å². The molecule has 356 valence electrons. The lowest BCUT2D eigenvalue weighted by Gasteiger charge is -2.35. The highest BCUT2D eigenvalue weighted by molar-refractivity contribution is 5.87. The lowest BCUT2D eigenvalue weighted by Crippen LogP contribution is -2.46. The zero-order chi connectivity index (χ0) is 46.4. The molecule has 0 unspecified atom stereocenters. The Morgan fingerprint density at radius 1 is 0.594 bits per heavy atom. The third-order valence-corrected chi connectivity index (χ3v) is 9.83. The quantitative estimate of drug-likeness (QED) is 0.114. The number of nitrogens with one attached hydrogen (secondary N) is 3. The first kappa shape index (κ1) is 56.3. The van der Waals surface area contributed by atoms with Crippen molar-refractivity contribution in [3.05, 3.63) is 166 Å². The molecule has 5 N–H and O–H groups in total. The number of nitrogens with zero attached hydrogens (tertiary/aromatic N) is 5. The highest BCUT2D eigenvalue weighted by Gasteiger charge is 2.19. The van der Waals surface area contributed by atoms with E-state index in [-0.39, 0.29) is 35.7 Å². The monoisotopic (exact) mass is 925 g/mol. The lowest BCUT2D eigenvalue weighted by atomic mass is 9.99. The number of aromatic amines is 2. The van der Waals surface area contributed by atoms with E-state index in [0.717, 1.165) is 93.5 Å². The molecule has 2 aliphatic rings. The van der Waals surface area contributed by atoms with Gasteiger partial charge in [0.1, 0.15) is 11.6 Å². The molecule has 8 rings (SSSR count). The average molecular weight is 925 g/mol. The fraction of sp³-hybridized carbons (Fsp3) is 0.211. The van der Waals surface area contributed by atoms with Crippen LogP contribution in [-0.2, 0) is 6.54 Å². The minimum Gasteiger partial charge on any atom is -0.412 e. The molecule has 4 heterocycles. The van der Waals surface area contributed by atoms with E-state index in [1.54, 1.807) is 13.0 Å². The van der Waals surface area contributed by atoms with Gasteiger partial charge >= 0.3 is 0 Å². The number of carbonyl (C=O) groups is 1. The second kappa shape index (κ2) is 32.7. The molecular weight excluding hydrogens is 861 g/mol. The van der Waals surface area contributed by atoms with E-state index in [0.29, 0.717) is 0 Å². The molecule has 4 aromatic carbocycles. The molecule has 6 aromatic rings. The minimum atomic E-state index is -0.103. The second-order valence-electron chi connectivity index (χ2n) is 14.2. The first-order valence-corrected chi connectivity index (χ1v) is 21.1. The standard InChI is InChI=1S/C21H22N4O.C13H10O.C13H4.C8H12N4O.2CH4.H2O.3H2/c26-21-14-20(22-16-23-21)25-12-10-24(11-13-25)15-18-8-4-5-9-19(18)17-6-2-1-3-7-17;14-10-12-8-4-5-9-13(12)11-6-2-1-3-7-11;1-3-5-7-9-11-13-12-10-8-6-4-2;13-8-5-7(10-6-11-8)12-3-1-9-2-4-12;;;;;;/h1-9,14,16H,10-13,15H2,(H,22,23,26);1-10H;1H,2H3;5-6,9H,1-4H2,(H,10,11,13);2*1H4;1H2;3*1H. The summed E-state index contributed by atoms with van der Waals surface area (Å²) in [5.74, 6) is 28.5. The van der Waals surface area contributed by atoms with E-state index >= 15 is 0 Å². The van der Waals surface area contributed by atoms with Crippen LogP contribution in [0.2, 0.25) is 0 Å². The Labute approximate surface area is 411 Å². The van der Waals surface area contributed by atoms with Crippen molar-refractivity contribution in [3.8, 4) is 93.8 Å². The number of terminal acetylenes is 1. The first-order chi connectivity index (χ1) is 32.5. The van der Waals surface area contributed by atoms with Crippen LogP contribution in [0.1, 0.15) is 42.0 Å². The Kier molecular flexibility index (Phi) is 26.7. The lowest BCUT2D eigenvalue weighted by molar-refractivity contribution is 0.112. The van der Waals surface area contributed by atoms with Crippen molar-refractivity contribution in [3.63, 3.8) is 0 Å². The molecule has 12 nitrogen and oxygen atoms in total. The van der Waals surface area contributed by atoms with Gasteiger partial charge in [0.15, 0.2) is 6.29 Å². The van der Waals surface area contributed by atoms with Crippen molar-refractivity contribution in [2.24, 2.45) is 0 Å². The molecule has 2 fully saturated rings. The van der Waals surface area contributed by atoms with E-state index in [9.17, 15) is 14.4 Å². The highest BCUT2D eigenvalue weighted by Crippen LogP contribution is 2.25. The van der Waals surface area contributed by atoms with Gasteiger partial charge in [-0.15, -0.1) is 6.42 Å². The van der Waals surface area contributed by atoms with Gasteiger partial charge in [0.05, 0.1) is 12.7 Å². The van der Waals surface area contributed by atoms with Crippen LogP contribution < -0.4 is 26.2 Å². The van der Waals surface area contributed by atoms with Crippen LogP contribution in [0.25, 0.3) is 22.3 Å². The Morgan fingerprint density at radius 2 is 1.04 bits per heavy atom. The minimum absolute atomic E-state index is 0. The van der Waals surface area contributed by atoms with Gasteiger partial charge in [-0.1, -0.05) is 130 Å². The van der Waals surface area contributed by atoms with Crippen molar-refractivity contribution < 1.29 is 14.6 Å². The van der Waals surface area contributed by atoms with Crippen LogP contribution in [0.4, 0.5) is 11.6 Å². The van der Waals surface area contributed by atoms with Crippen LogP contribution in [-0.4, -0.2) is 89.0 Å². The van der Waals surface area contributed by atoms with Gasteiger partial charge in [-0.3, -0.25) is 19.3 Å². The maximum absolute atomic E-state index is 11.5. The molecule has 0 atom stereocenters. The number of anilines is 2. The van der Waals surface area contributed by atoms with Crippen LogP contribution in [0.3, 0.4) is 0 Å². The molecule has 69 heavy (non-hydrogen) atoms. The molecule has 2 aliphatic heterocycles. The summed E-state index contributed by atoms with van der Waals surface area (Å²) < 4.78 is 0. The van der Waals surface area contributed by atoms with E-state index < -0.39 is 0 Å². The van der Waals surface area contributed by atoms with Gasteiger partial charge in [0.25, 0.3) is 11.1 Å². The van der Waals surface area contributed by atoms with E-state index in [4.69, 9.17) is 6.42 Å². The number of aldehydes is 1. The molecule has 0 bridgehead atoms. The van der Waals surface area contributed by atoms with Gasteiger partial charge in [0, 0.05) is 80.9 Å². The maximum atomic E-state index is 11.5. The van der Waals surface area contributed by atoms with Crippen LogP contribution in [0, 0.1) is 71.5 Å². The highest BCUT2D eigenvalue weighted by atomic mass is 16.1. The van der Waals surface area contributed by atoms with Crippen molar-refractivity contribution in [1.82, 2.24) is 30.2 Å². The van der Waals surface area contributed by atoms with Gasteiger partial charge in [-0.05, 0) is 93.9 Å². The molecule has 0 spiro atoms. The second-order valence-corrected chi connectivity index (χ2v) is 14.2. The molecule has 0 amide bonds. The number of benzene rings is 4. The van der Waals surface area contributed by atoms with Crippen LogP contribution >= 0.6 is 0 Å². The summed E-state index contributed by atoms with van der Waals surface area (Å²) in [5, 5.41) is 3.24. The summed E-state index contributed by atoms with van der Waals surface area (Å²) in [6, 6.07) is 39.8. The molecule has 0 saturated carbocycles. The topological polar surface area (TPSA) is 162 Å². The summed E-state index contributed by atoms with van der Waals surface area (Å²) in [5.41, 5.74) is 6.51. The normalized spacial score (nSPS) is 11.7. The fourth-order valence-electron chi connectivity index (χ4n) is 6.69.